The maximum atomic E-state index is 12.5. The van der Waals surface area contributed by atoms with Crippen molar-refractivity contribution in [1.82, 2.24) is 9.80 Å². The molecule has 5 heteroatoms. The van der Waals surface area contributed by atoms with Crippen LogP contribution < -0.4 is 0 Å². The molecule has 0 spiro atoms. The Balaban J connectivity index is 1.72. The lowest BCUT2D eigenvalue weighted by atomic mass is 9.84. The van der Waals surface area contributed by atoms with Gasteiger partial charge in [-0.3, -0.25) is 4.79 Å². The van der Waals surface area contributed by atoms with Crippen LogP contribution in [0.5, 0.6) is 11.5 Å². The van der Waals surface area contributed by atoms with Crippen molar-refractivity contribution in [2.75, 3.05) is 26.7 Å². The highest BCUT2D eigenvalue weighted by Crippen LogP contribution is 2.31. The molecule has 1 aromatic rings. The highest BCUT2D eigenvalue weighted by Gasteiger charge is 2.35. The Hall–Kier alpha value is -1.75. The largest absolute Gasteiger partial charge is 0.504 e. The number of phenols is 2. The van der Waals surface area contributed by atoms with E-state index in [4.69, 9.17) is 0 Å². The summed E-state index contributed by atoms with van der Waals surface area (Å²) in [5.74, 6) is 0.0523. The second-order valence-electron chi connectivity index (χ2n) is 6.19. The quantitative estimate of drug-likeness (QED) is 0.772. The second-order valence-corrected chi connectivity index (χ2v) is 6.19. The van der Waals surface area contributed by atoms with E-state index in [-0.39, 0.29) is 17.4 Å². The van der Waals surface area contributed by atoms with Crippen LogP contribution in [0, 0.1) is 5.92 Å². The average molecular weight is 290 g/mol. The normalized spacial score (nSPS) is 26.4. The number of phenolic OH excluding ortho intramolecular Hbond substituents is 2. The Labute approximate surface area is 124 Å². The Morgan fingerprint density at radius 1 is 1.19 bits per heavy atom. The minimum atomic E-state index is -0.242. The Morgan fingerprint density at radius 3 is 2.76 bits per heavy atom. The van der Waals surface area contributed by atoms with E-state index >= 15 is 0 Å². The molecule has 0 aromatic heterocycles. The lowest BCUT2D eigenvalue weighted by molar-refractivity contribution is 0.0316. The van der Waals surface area contributed by atoms with E-state index in [1.165, 1.54) is 25.0 Å². The third-order valence-corrected chi connectivity index (χ3v) is 4.86. The summed E-state index contributed by atoms with van der Waals surface area (Å²) in [7, 11) is 2.17. The molecule has 1 amide bonds. The molecule has 0 aliphatic carbocycles. The van der Waals surface area contributed by atoms with Crippen LogP contribution in [0.15, 0.2) is 18.2 Å². The van der Waals surface area contributed by atoms with Gasteiger partial charge < -0.3 is 20.0 Å². The third-order valence-electron chi connectivity index (χ3n) is 4.86. The molecule has 0 bridgehead atoms. The maximum absolute atomic E-state index is 12.5. The van der Waals surface area contributed by atoms with Crippen LogP contribution in [0.3, 0.4) is 0 Å². The van der Waals surface area contributed by atoms with Crippen molar-refractivity contribution in [3.8, 4) is 11.5 Å². The number of nitrogens with zero attached hydrogens (tertiary/aromatic N) is 2. The fourth-order valence-corrected chi connectivity index (χ4v) is 3.68. The summed E-state index contributed by atoms with van der Waals surface area (Å²) >= 11 is 0. The molecule has 1 aromatic carbocycles. The number of amides is 1. The maximum Gasteiger partial charge on any atom is 0.254 e. The minimum Gasteiger partial charge on any atom is -0.504 e. The van der Waals surface area contributed by atoms with Gasteiger partial charge >= 0.3 is 0 Å². The van der Waals surface area contributed by atoms with Crippen LogP contribution in [0.25, 0.3) is 0 Å². The summed E-state index contributed by atoms with van der Waals surface area (Å²) in [4.78, 5) is 16.8. The summed E-state index contributed by atoms with van der Waals surface area (Å²) in [5.41, 5.74) is 0.438. The van der Waals surface area contributed by atoms with Gasteiger partial charge in [0.25, 0.3) is 5.91 Å². The van der Waals surface area contributed by atoms with Gasteiger partial charge in [0.2, 0.25) is 0 Å². The molecule has 5 nitrogen and oxygen atoms in total. The van der Waals surface area contributed by atoms with Crippen LogP contribution in [-0.2, 0) is 0 Å². The molecule has 2 atom stereocenters. The van der Waals surface area contributed by atoms with Crippen molar-refractivity contribution in [3.05, 3.63) is 23.8 Å². The summed E-state index contributed by atoms with van der Waals surface area (Å²) < 4.78 is 0. The molecular formula is C16H22N2O3. The van der Waals surface area contributed by atoms with Gasteiger partial charge in [-0.15, -0.1) is 0 Å². The van der Waals surface area contributed by atoms with Gasteiger partial charge in [0, 0.05) is 24.7 Å². The first kappa shape index (κ1) is 14.2. The Kier molecular flexibility index (Phi) is 3.76. The fourth-order valence-electron chi connectivity index (χ4n) is 3.68. The van der Waals surface area contributed by atoms with E-state index in [0.717, 1.165) is 26.1 Å². The molecule has 2 unspecified atom stereocenters. The zero-order valence-electron chi connectivity index (χ0n) is 12.3. The number of carbonyl (C=O) groups excluding carboxylic acids is 1. The van der Waals surface area contributed by atoms with Gasteiger partial charge in [-0.2, -0.15) is 0 Å². The molecule has 21 heavy (non-hydrogen) atoms. The summed E-state index contributed by atoms with van der Waals surface area (Å²) in [6, 6.07) is 4.87. The fraction of sp³-hybridized carbons (Fsp3) is 0.562. The zero-order chi connectivity index (χ0) is 15.0. The third kappa shape index (κ3) is 2.70. The first-order valence-corrected chi connectivity index (χ1v) is 7.58. The SMILES string of the molecule is CN1CCCC2CN(C(=O)c3ccc(O)c(O)c3)CCC21. The number of benzene rings is 1. The molecule has 3 rings (SSSR count). The molecule has 2 aliphatic rings. The van der Waals surface area contributed by atoms with Crippen LogP contribution in [-0.4, -0.2) is 58.6 Å². The van der Waals surface area contributed by atoms with Crippen molar-refractivity contribution in [2.24, 2.45) is 5.92 Å². The predicted molar refractivity (Wildman–Crippen MR) is 79.4 cm³/mol. The average Bonchev–Trinajstić information content (AvgIpc) is 2.49. The van der Waals surface area contributed by atoms with E-state index in [2.05, 4.69) is 11.9 Å². The van der Waals surface area contributed by atoms with Crippen molar-refractivity contribution in [2.45, 2.75) is 25.3 Å². The number of piperidine rings is 2. The van der Waals surface area contributed by atoms with E-state index in [0.29, 0.717) is 17.5 Å². The molecule has 2 heterocycles. The van der Waals surface area contributed by atoms with Gasteiger partial charge in [0.1, 0.15) is 0 Å². The number of rotatable bonds is 1. The smallest absolute Gasteiger partial charge is 0.254 e. The molecule has 114 valence electrons. The molecule has 2 aliphatic heterocycles. The van der Waals surface area contributed by atoms with Crippen LogP contribution in [0.4, 0.5) is 0 Å². The molecule has 2 saturated heterocycles. The summed E-state index contributed by atoms with van der Waals surface area (Å²) in [5, 5.41) is 18.9. The topological polar surface area (TPSA) is 64.0 Å². The van der Waals surface area contributed by atoms with Crippen LogP contribution in [0.1, 0.15) is 29.6 Å². The standard InChI is InChI=1S/C16H22N2O3/c1-17-7-2-3-12-10-18(8-6-13(12)17)16(21)11-4-5-14(19)15(20)9-11/h4-5,9,12-13,19-20H,2-3,6-8,10H2,1H3. The van der Waals surface area contributed by atoms with Crippen molar-refractivity contribution in [3.63, 3.8) is 0 Å². The minimum absolute atomic E-state index is 0.0584. The second kappa shape index (κ2) is 5.56. The van der Waals surface area contributed by atoms with Gasteiger partial charge in [-0.1, -0.05) is 0 Å². The lowest BCUT2D eigenvalue weighted by Crippen LogP contribution is -2.53. The zero-order valence-corrected chi connectivity index (χ0v) is 12.3. The Morgan fingerprint density at radius 2 is 2.00 bits per heavy atom. The van der Waals surface area contributed by atoms with E-state index in [1.807, 2.05) is 4.90 Å². The first-order chi connectivity index (χ1) is 10.1. The van der Waals surface area contributed by atoms with E-state index < -0.39 is 0 Å². The van der Waals surface area contributed by atoms with Gasteiger partial charge in [0.15, 0.2) is 11.5 Å². The number of carbonyl (C=O) groups is 1. The molecular weight excluding hydrogens is 268 g/mol. The number of hydrogen-bond acceptors (Lipinski definition) is 4. The van der Waals surface area contributed by atoms with Gasteiger partial charge in [0.05, 0.1) is 0 Å². The molecule has 0 radical (unpaired) electrons. The lowest BCUT2D eigenvalue weighted by Gasteiger charge is -2.46. The number of likely N-dealkylation sites (tertiary alicyclic amines) is 2. The van der Waals surface area contributed by atoms with Crippen molar-refractivity contribution >= 4 is 5.91 Å². The van der Waals surface area contributed by atoms with E-state index in [9.17, 15) is 15.0 Å². The number of hydrogen-bond donors (Lipinski definition) is 2. The van der Waals surface area contributed by atoms with Crippen LogP contribution >= 0.6 is 0 Å². The predicted octanol–water partition coefficient (Wildman–Crippen LogP) is 1.65. The summed E-state index contributed by atoms with van der Waals surface area (Å²) in [6.45, 7) is 2.70. The highest BCUT2D eigenvalue weighted by molar-refractivity contribution is 5.95. The summed E-state index contributed by atoms with van der Waals surface area (Å²) in [6.07, 6.45) is 3.39. The van der Waals surface area contributed by atoms with Gasteiger partial charge in [-0.05, 0) is 57.0 Å². The van der Waals surface area contributed by atoms with Crippen LogP contribution in [0.2, 0.25) is 0 Å². The van der Waals surface area contributed by atoms with Crippen molar-refractivity contribution in [1.29, 1.82) is 0 Å². The van der Waals surface area contributed by atoms with Gasteiger partial charge in [-0.25, -0.2) is 0 Å². The number of fused-ring (bicyclic) bond motifs is 1. The highest BCUT2D eigenvalue weighted by atomic mass is 16.3. The molecule has 0 saturated carbocycles. The van der Waals surface area contributed by atoms with E-state index in [1.54, 1.807) is 6.07 Å². The monoisotopic (exact) mass is 290 g/mol. The molecule has 2 fully saturated rings. The first-order valence-electron chi connectivity index (χ1n) is 7.58. The van der Waals surface area contributed by atoms with Crippen molar-refractivity contribution < 1.29 is 15.0 Å². The number of aromatic hydroxyl groups is 2. The molecule has 2 N–H and O–H groups in total. The Bertz CT molecular complexity index is 546.